The lowest BCUT2D eigenvalue weighted by molar-refractivity contribution is -0.115. The smallest absolute Gasteiger partial charge is 0.253 e. The zero-order chi connectivity index (χ0) is 18.9. The molecule has 0 radical (unpaired) electrons. The van der Waals surface area contributed by atoms with E-state index in [1.54, 1.807) is 30.0 Å². The van der Waals surface area contributed by atoms with Crippen LogP contribution in [0.15, 0.2) is 59.5 Å². The normalized spacial score (nSPS) is 16.1. The average molecular weight is 385 g/mol. The molecular formula is C21H24N2O3S. The van der Waals surface area contributed by atoms with Crippen molar-refractivity contribution in [3.63, 3.8) is 0 Å². The van der Waals surface area contributed by atoms with Crippen LogP contribution >= 0.6 is 11.8 Å². The molecule has 142 valence electrons. The first-order chi connectivity index (χ1) is 13.2. The topological polar surface area (TPSA) is 67.4 Å². The zero-order valence-corrected chi connectivity index (χ0v) is 16.0. The Labute approximate surface area is 163 Å². The molecule has 6 heteroatoms. The lowest BCUT2D eigenvalue weighted by atomic mass is 10.1. The summed E-state index contributed by atoms with van der Waals surface area (Å²) in [4.78, 5) is 25.9. The van der Waals surface area contributed by atoms with Gasteiger partial charge in [-0.15, -0.1) is 11.8 Å². The lowest BCUT2D eigenvalue weighted by Gasteiger charge is -2.13. The number of ether oxygens (including phenoxy) is 1. The molecule has 0 unspecified atom stereocenters. The molecule has 2 amide bonds. The number of rotatable bonds is 8. The van der Waals surface area contributed by atoms with Crippen LogP contribution in [0.5, 0.6) is 0 Å². The van der Waals surface area contributed by atoms with Crippen molar-refractivity contribution in [1.82, 2.24) is 5.32 Å². The highest BCUT2D eigenvalue weighted by molar-refractivity contribution is 7.99. The summed E-state index contributed by atoms with van der Waals surface area (Å²) in [5.41, 5.74) is 1.01. The van der Waals surface area contributed by atoms with Crippen molar-refractivity contribution in [2.75, 3.05) is 24.2 Å². The molecule has 5 nitrogen and oxygen atoms in total. The van der Waals surface area contributed by atoms with E-state index in [-0.39, 0.29) is 17.9 Å². The van der Waals surface area contributed by atoms with Gasteiger partial charge in [0.25, 0.3) is 5.91 Å². The van der Waals surface area contributed by atoms with Crippen LogP contribution in [0.2, 0.25) is 0 Å². The fourth-order valence-corrected chi connectivity index (χ4v) is 3.76. The highest BCUT2D eigenvalue weighted by atomic mass is 32.2. The molecule has 2 N–H and O–H groups in total. The molecule has 27 heavy (non-hydrogen) atoms. The van der Waals surface area contributed by atoms with Crippen molar-refractivity contribution < 1.29 is 14.3 Å². The van der Waals surface area contributed by atoms with E-state index >= 15 is 0 Å². The first-order valence-electron chi connectivity index (χ1n) is 9.19. The number of para-hydroxylation sites is 1. The summed E-state index contributed by atoms with van der Waals surface area (Å²) in [5, 5.41) is 5.76. The molecule has 0 aliphatic carbocycles. The van der Waals surface area contributed by atoms with E-state index in [0.29, 0.717) is 30.0 Å². The Balaban J connectivity index is 1.50. The Morgan fingerprint density at radius 3 is 2.63 bits per heavy atom. The Bertz CT molecular complexity index is 761. The van der Waals surface area contributed by atoms with Gasteiger partial charge in [0.2, 0.25) is 5.91 Å². The highest BCUT2D eigenvalue weighted by Gasteiger charge is 2.18. The van der Waals surface area contributed by atoms with Crippen molar-refractivity contribution in [3.8, 4) is 0 Å². The third-order valence-electron chi connectivity index (χ3n) is 4.30. The number of amides is 2. The van der Waals surface area contributed by atoms with Gasteiger partial charge in [-0.2, -0.15) is 0 Å². The molecule has 3 rings (SSSR count). The van der Waals surface area contributed by atoms with Gasteiger partial charge in [0.1, 0.15) is 0 Å². The minimum atomic E-state index is -0.194. The molecule has 1 aliphatic rings. The number of carbonyl (C=O) groups excluding carboxylic acids is 2. The molecule has 2 aromatic carbocycles. The standard InChI is InChI=1S/C21H24N2O3S/c24-20(12-14-27-17-8-2-1-3-9-17)23-19-11-5-4-10-18(19)21(25)22-15-16-7-6-13-26-16/h1-5,8-11,16H,6-7,12-15H2,(H,22,25)(H,23,24)/t16-/m1/s1. The zero-order valence-electron chi connectivity index (χ0n) is 15.1. The first-order valence-corrected chi connectivity index (χ1v) is 10.2. The minimum Gasteiger partial charge on any atom is -0.376 e. The second-order valence-corrected chi connectivity index (χ2v) is 7.52. The molecule has 1 aliphatic heterocycles. The highest BCUT2D eigenvalue weighted by Crippen LogP contribution is 2.19. The molecule has 1 fully saturated rings. The molecule has 0 aromatic heterocycles. The lowest BCUT2D eigenvalue weighted by Crippen LogP contribution is -2.32. The Morgan fingerprint density at radius 2 is 1.85 bits per heavy atom. The maximum absolute atomic E-state index is 12.5. The maximum atomic E-state index is 12.5. The fraction of sp³-hybridized carbons (Fsp3) is 0.333. The quantitative estimate of drug-likeness (QED) is 0.681. The summed E-state index contributed by atoms with van der Waals surface area (Å²) in [6.45, 7) is 1.25. The van der Waals surface area contributed by atoms with Crippen molar-refractivity contribution in [2.45, 2.75) is 30.3 Å². The van der Waals surface area contributed by atoms with Gasteiger partial charge in [0.15, 0.2) is 0 Å². The Hall–Kier alpha value is -2.31. The SMILES string of the molecule is O=C(CCSc1ccccc1)Nc1ccccc1C(=O)NC[C@H]1CCCO1. The van der Waals surface area contributed by atoms with Gasteiger partial charge >= 0.3 is 0 Å². The minimum absolute atomic E-state index is 0.0886. The van der Waals surface area contributed by atoms with Gasteiger partial charge in [0, 0.05) is 30.2 Å². The molecule has 0 bridgehead atoms. The van der Waals surface area contributed by atoms with Crippen molar-refractivity contribution in [2.24, 2.45) is 0 Å². The van der Waals surface area contributed by atoms with E-state index in [0.717, 1.165) is 24.3 Å². The number of carbonyl (C=O) groups is 2. The number of anilines is 1. The molecule has 1 saturated heterocycles. The van der Waals surface area contributed by atoms with E-state index in [2.05, 4.69) is 10.6 Å². The van der Waals surface area contributed by atoms with Crippen LogP contribution in [0.3, 0.4) is 0 Å². The Morgan fingerprint density at radius 1 is 1.07 bits per heavy atom. The van der Waals surface area contributed by atoms with E-state index in [9.17, 15) is 9.59 Å². The van der Waals surface area contributed by atoms with Gasteiger partial charge in [-0.1, -0.05) is 30.3 Å². The third kappa shape index (κ3) is 6.12. The second kappa shape index (κ2) is 10.1. The van der Waals surface area contributed by atoms with Gasteiger partial charge in [-0.05, 0) is 37.1 Å². The summed E-state index contributed by atoms with van der Waals surface area (Å²) in [7, 11) is 0. The number of thioether (sulfide) groups is 1. The van der Waals surface area contributed by atoms with Crippen LogP contribution in [0.1, 0.15) is 29.6 Å². The molecule has 2 aromatic rings. The summed E-state index contributed by atoms with van der Waals surface area (Å²) in [6.07, 6.45) is 2.47. The van der Waals surface area contributed by atoms with Crippen molar-refractivity contribution in [3.05, 3.63) is 60.2 Å². The van der Waals surface area contributed by atoms with Gasteiger partial charge < -0.3 is 15.4 Å². The predicted molar refractivity (Wildman–Crippen MR) is 108 cm³/mol. The van der Waals surface area contributed by atoms with E-state index in [4.69, 9.17) is 4.74 Å². The molecule has 0 saturated carbocycles. The third-order valence-corrected chi connectivity index (χ3v) is 5.31. The van der Waals surface area contributed by atoms with Crippen molar-refractivity contribution in [1.29, 1.82) is 0 Å². The fourth-order valence-electron chi connectivity index (χ4n) is 2.89. The van der Waals surface area contributed by atoms with Crippen LogP contribution in [0.4, 0.5) is 5.69 Å². The summed E-state index contributed by atoms with van der Waals surface area (Å²) in [5.74, 6) is 0.390. The molecule has 1 heterocycles. The Kier molecular flexibility index (Phi) is 7.30. The number of hydrogen-bond acceptors (Lipinski definition) is 4. The molecule has 0 spiro atoms. The van der Waals surface area contributed by atoms with Crippen LogP contribution < -0.4 is 10.6 Å². The van der Waals surface area contributed by atoms with Gasteiger partial charge in [-0.25, -0.2) is 0 Å². The largest absolute Gasteiger partial charge is 0.376 e. The first kappa shape index (κ1) is 19.5. The van der Waals surface area contributed by atoms with Crippen LogP contribution in [0.25, 0.3) is 0 Å². The summed E-state index contributed by atoms with van der Waals surface area (Å²) >= 11 is 1.64. The summed E-state index contributed by atoms with van der Waals surface area (Å²) in [6, 6.07) is 17.1. The molecule has 1 atom stereocenters. The van der Waals surface area contributed by atoms with Gasteiger partial charge in [0.05, 0.1) is 17.4 Å². The van der Waals surface area contributed by atoms with Crippen LogP contribution in [-0.2, 0) is 9.53 Å². The maximum Gasteiger partial charge on any atom is 0.253 e. The molecular weight excluding hydrogens is 360 g/mol. The number of benzene rings is 2. The second-order valence-electron chi connectivity index (χ2n) is 6.35. The van der Waals surface area contributed by atoms with Crippen LogP contribution in [-0.4, -0.2) is 36.8 Å². The predicted octanol–water partition coefficient (Wildman–Crippen LogP) is 3.72. The van der Waals surface area contributed by atoms with Crippen molar-refractivity contribution >= 4 is 29.3 Å². The van der Waals surface area contributed by atoms with E-state index in [1.165, 1.54) is 0 Å². The average Bonchev–Trinajstić information content (AvgIpc) is 3.21. The van der Waals surface area contributed by atoms with E-state index in [1.807, 2.05) is 36.4 Å². The monoisotopic (exact) mass is 384 g/mol. The summed E-state index contributed by atoms with van der Waals surface area (Å²) < 4.78 is 5.53. The number of nitrogens with one attached hydrogen (secondary N) is 2. The van der Waals surface area contributed by atoms with E-state index < -0.39 is 0 Å². The van der Waals surface area contributed by atoms with Crippen LogP contribution in [0, 0.1) is 0 Å². The number of hydrogen-bond donors (Lipinski definition) is 2. The van der Waals surface area contributed by atoms with Gasteiger partial charge in [-0.3, -0.25) is 9.59 Å².